The van der Waals surface area contributed by atoms with E-state index in [2.05, 4.69) is 0 Å². The van der Waals surface area contributed by atoms with Crippen LogP contribution in [0.15, 0.2) is 0 Å². The average molecular weight is 265 g/mol. The van der Waals surface area contributed by atoms with Crippen molar-refractivity contribution in [3.8, 4) is 0 Å². The molecule has 0 fully saturated rings. The zero-order valence-corrected chi connectivity index (χ0v) is 7.97. The van der Waals surface area contributed by atoms with Gasteiger partial charge in [0, 0.05) is 7.05 Å². The number of rotatable bonds is 1. The number of halogens is 8. The molecule has 0 aromatic heterocycles. The largest absolute Gasteiger partial charge is 0.484 e. The predicted octanol–water partition coefficient (Wildman–Crippen LogP) is 3.34. The van der Waals surface area contributed by atoms with Crippen molar-refractivity contribution in [3.05, 3.63) is 29.1 Å². The average Bonchev–Trinajstić information content (AvgIpc) is 2.22. The smallest absolute Gasteiger partial charge is 0.281 e. The summed E-state index contributed by atoms with van der Waals surface area (Å²) in [6.07, 6.45) is -5.28. The fraction of sp³-hybridized carbons (Fsp3) is 0.250. The molecule has 0 spiro atoms. The van der Waals surface area contributed by atoms with E-state index < -0.39 is 46.0 Å². The normalized spacial score (nSPS) is 11.8. The lowest BCUT2D eigenvalue weighted by Gasteiger charge is -2.23. The van der Waals surface area contributed by atoms with Gasteiger partial charge < -0.3 is 0 Å². The summed E-state index contributed by atoms with van der Waals surface area (Å²) in [5.74, 6) is -12.5. The summed E-state index contributed by atoms with van der Waals surface area (Å²) in [6.45, 7) is 0. The summed E-state index contributed by atoms with van der Waals surface area (Å²) in [7, 11) is 0.137. The zero-order chi connectivity index (χ0) is 13.5. The van der Waals surface area contributed by atoms with Crippen LogP contribution in [-0.2, 0) is 0 Å². The molecule has 0 bridgehead atoms. The molecular formula is C8H3F8N. The molecule has 0 aliphatic rings. The molecule has 1 rings (SSSR count). The summed E-state index contributed by atoms with van der Waals surface area (Å²) < 4.78 is 99.9. The van der Waals surface area contributed by atoms with Crippen LogP contribution >= 0.6 is 0 Å². The minimum absolute atomic E-state index is 0.137. The molecule has 0 saturated carbocycles. The van der Waals surface area contributed by atoms with Crippen molar-refractivity contribution in [3.63, 3.8) is 0 Å². The highest BCUT2D eigenvalue weighted by Gasteiger charge is 2.40. The lowest BCUT2D eigenvalue weighted by Crippen LogP contribution is -2.36. The maximum Gasteiger partial charge on any atom is 0.484 e. The Bertz CT molecular complexity index is 423. The van der Waals surface area contributed by atoms with Crippen LogP contribution in [0.3, 0.4) is 0 Å². The Morgan fingerprint density at radius 1 is 0.706 bits per heavy atom. The number of benzene rings is 1. The second kappa shape index (κ2) is 4.04. The van der Waals surface area contributed by atoms with Crippen LogP contribution in [0.2, 0.25) is 0 Å². The van der Waals surface area contributed by atoms with E-state index in [1.807, 2.05) is 0 Å². The monoisotopic (exact) mass is 265 g/mol. The number of hydrogen-bond acceptors (Lipinski definition) is 1. The van der Waals surface area contributed by atoms with Gasteiger partial charge in [-0.25, -0.2) is 22.0 Å². The zero-order valence-electron chi connectivity index (χ0n) is 7.97. The maximum absolute atomic E-state index is 12.9. The van der Waals surface area contributed by atoms with Crippen molar-refractivity contribution in [1.29, 1.82) is 0 Å². The summed E-state index contributed by atoms with van der Waals surface area (Å²) >= 11 is 0. The molecule has 0 aliphatic heterocycles. The fourth-order valence-corrected chi connectivity index (χ4v) is 1.01. The number of hydrogen-bond donors (Lipinski definition) is 0. The van der Waals surface area contributed by atoms with Crippen LogP contribution in [0, 0.1) is 29.1 Å². The van der Waals surface area contributed by atoms with Crippen molar-refractivity contribution >= 4 is 5.69 Å². The van der Waals surface area contributed by atoms with E-state index in [9.17, 15) is 35.1 Å². The third-order valence-corrected chi connectivity index (χ3v) is 1.90. The van der Waals surface area contributed by atoms with Gasteiger partial charge in [0.25, 0.3) is 0 Å². The Kier molecular flexibility index (Phi) is 3.22. The molecule has 0 unspecified atom stereocenters. The molecule has 0 aliphatic carbocycles. The van der Waals surface area contributed by atoms with Gasteiger partial charge in [-0.2, -0.15) is 13.2 Å². The standard InChI is InChI=1S/C8H3F8N/c1-17(8(14,15)16)7-5(12)3(10)2(9)4(11)6(7)13/h1H3. The fourth-order valence-electron chi connectivity index (χ4n) is 1.01. The predicted molar refractivity (Wildman–Crippen MR) is 40.7 cm³/mol. The van der Waals surface area contributed by atoms with Gasteiger partial charge in [-0.05, 0) is 0 Å². The SMILES string of the molecule is CN(c1c(F)c(F)c(F)c(F)c1F)C(F)(F)F. The quantitative estimate of drug-likeness (QED) is 0.326. The number of alkyl halides is 3. The molecule has 0 saturated heterocycles. The molecule has 9 heteroatoms. The highest BCUT2D eigenvalue weighted by Crippen LogP contribution is 2.34. The molecule has 0 radical (unpaired) electrons. The van der Waals surface area contributed by atoms with Crippen LogP contribution < -0.4 is 4.90 Å². The van der Waals surface area contributed by atoms with Gasteiger partial charge in [-0.15, -0.1) is 0 Å². The van der Waals surface area contributed by atoms with E-state index >= 15 is 0 Å². The summed E-state index contributed by atoms with van der Waals surface area (Å²) in [5.41, 5.74) is -2.05. The molecule has 0 atom stereocenters. The summed E-state index contributed by atoms with van der Waals surface area (Å²) in [6, 6.07) is 0. The molecule has 0 heterocycles. The molecule has 17 heavy (non-hydrogen) atoms. The van der Waals surface area contributed by atoms with Crippen molar-refractivity contribution in [2.24, 2.45) is 0 Å². The molecule has 0 amide bonds. The van der Waals surface area contributed by atoms with Gasteiger partial charge in [-0.1, -0.05) is 0 Å². The van der Waals surface area contributed by atoms with Crippen molar-refractivity contribution < 1.29 is 35.1 Å². The summed E-state index contributed by atoms with van der Waals surface area (Å²) in [4.78, 5) is -0.997. The topological polar surface area (TPSA) is 3.24 Å². The first kappa shape index (κ1) is 13.5. The third-order valence-electron chi connectivity index (χ3n) is 1.90. The van der Waals surface area contributed by atoms with Gasteiger partial charge in [0.1, 0.15) is 5.69 Å². The van der Waals surface area contributed by atoms with E-state index in [0.717, 1.165) is 0 Å². The van der Waals surface area contributed by atoms with Crippen LogP contribution in [-0.4, -0.2) is 13.3 Å². The maximum atomic E-state index is 12.9. The second-order valence-corrected chi connectivity index (χ2v) is 2.95. The Balaban J connectivity index is 3.55. The lowest BCUT2D eigenvalue weighted by atomic mass is 10.2. The lowest BCUT2D eigenvalue weighted by molar-refractivity contribution is -0.126. The summed E-state index contributed by atoms with van der Waals surface area (Å²) in [5, 5.41) is 0. The van der Waals surface area contributed by atoms with Gasteiger partial charge in [0.15, 0.2) is 23.3 Å². The van der Waals surface area contributed by atoms with E-state index in [0.29, 0.717) is 0 Å². The molecule has 96 valence electrons. The molecule has 0 N–H and O–H groups in total. The van der Waals surface area contributed by atoms with Crippen LogP contribution in [0.4, 0.5) is 40.8 Å². The Morgan fingerprint density at radius 2 is 1.00 bits per heavy atom. The second-order valence-electron chi connectivity index (χ2n) is 2.95. The van der Waals surface area contributed by atoms with Gasteiger partial charge in [0.2, 0.25) is 5.82 Å². The Morgan fingerprint density at radius 3 is 1.29 bits per heavy atom. The number of anilines is 1. The highest BCUT2D eigenvalue weighted by molar-refractivity contribution is 5.50. The highest BCUT2D eigenvalue weighted by atomic mass is 19.4. The van der Waals surface area contributed by atoms with Gasteiger partial charge in [0.05, 0.1) is 0 Å². The van der Waals surface area contributed by atoms with Crippen LogP contribution in [0.1, 0.15) is 0 Å². The third kappa shape index (κ3) is 2.13. The van der Waals surface area contributed by atoms with E-state index in [1.54, 1.807) is 0 Å². The first-order chi connectivity index (χ1) is 7.59. The van der Waals surface area contributed by atoms with Crippen molar-refractivity contribution in [2.45, 2.75) is 6.30 Å². The minimum Gasteiger partial charge on any atom is -0.281 e. The van der Waals surface area contributed by atoms with E-state index in [-0.39, 0.29) is 7.05 Å². The van der Waals surface area contributed by atoms with E-state index in [1.165, 1.54) is 0 Å². The first-order valence-corrected chi connectivity index (χ1v) is 3.91. The molecular weight excluding hydrogens is 262 g/mol. The number of nitrogens with zero attached hydrogens (tertiary/aromatic N) is 1. The molecule has 1 nitrogen and oxygen atoms in total. The van der Waals surface area contributed by atoms with Crippen LogP contribution in [0.5, 0.6) is 0 Å². The van der Waals surface area contributed by atoms with E-state index in [4.69, 9.17) is 0 Å². The van der Waals surface area contributed by atoms with Crippen molar-refractivity contribution in [1.82, 2.24) is 0 Å². The van der Waals surface area contributed by atoms with Gasteiger partial charge >= 0.3 is 6.30 Å². The Hall–Kier alpha value is -1.54. The minimum atomic E-state index is -5.28. The molecule has 1 aromatic carbocycles. The van der Waals surface area contributed by atoms with Crippen molar-refractivity contribution in [2.75, 3.05) is 11.9 Å². The first-order valence-electron chi connectivity index (χ1n) is 3.91. The molecule has 1 aromatic rings. The van der Waals surface area contributed by atoms with Crippen LogP contribution in [0.25, 0.3) is 0 Å². The van der Waals surface area contributed by atoms with Gasteiger partial charge in [-0.3, -0.25) is 4.90 Å². The Labute approximate surface area is 89.2 Å².